The van der Waals surface area contributed by atoms with Gasteiger partial charge in [0.15, 0.2) is 5.82 Å². The van der Waals surface area contributed by atoms with Crippen molar-refractivity contribution in [3.05, 3.63) is 12.2 Å². The first-order valence-corrected chi connectivity index (χ1v) is 5.43. The summed E-state index contributed by atoms with van der Waals surface area (Å²) in [5.74, 6) is -0.966. The topological polar surface area (TPSA) is 55.3 Å². The molecule has 1 saturated heterocycles. The Bertz CT molecular complexity index is 390. The molecule has 2 heterocycles. The van der Waals surface area contributed by atoms with Crippen molar-refractivity contribution < 1.29 is 17.6 Å². The summed E-state index contributed by atoms with van der Waals surface area (Å²) in [4.78, 5) is 5.27. The molecule has 0 aromatic carbocycles. The van der Waals surface area contributed by atoms with Crippen LogP contribution in [0.4, 0.5) is 19.0 Å². The molecule has 7 heteroatoms. The number of nitrogens with zero attached hydrogens (tertiary/aromatic N) is 2. The summed E-state index contributed by atoms with van der Waals surface area (Å²) in [5, 5.41) is 0. The van der Waals surface area contributed by atoms with Gasteiger partial charge < -0.3 is 15.1 Å². The molecule has 4 nitrogen and oxygen atoms in total. The van der Waals surface area contributed by atoms with E-state index in [9.17, 15) is 13.2 Å². The van der Waals surface area contributed by atoms with Crippen LogP contribution in [-0.4, -0.2) is 23.6 Å². The second kappa shape index (κ2) is 4.21. The van der Waals surface area contributed by atoms with Crippen LogP contribution in [0.2, 0.25) is 0 Å². The molecule has 0 bridgehead atoms. The lowest BCUT2D eigenvalue weighted by molar-refractivity contribution is -0.157. The molecule has 17 heavy (non-hydrogen) atoms. The summed E-state index contributed by atoms with van der Waals surface area (Å²) >= 11 is 0. The Labute approximate surface area is 96.6 Å². The molecule has 0 aliphatic carbocycles. The number of anilines is 1. The minimum atomic E-state index is -4.53. The van der Waals surface area contributed by atoms with Crippen LogP contribution in [0.15, 0.2) is 10.7 Å². The van der Waals surface area contributed by atoms with Crippen LogP contribution in [0.1, 0.15) is 25.7 Å². The second-order valence-electron chi connectivity index (χ2n) is 4.34. The molecule has 2 unspecified atom stereocenters. The maximum Gasteiger partial charge on any atom is 0.469 e. The number of rotatable bonds is 1. The van der Waals surface area contributed by atoms with Gasteiger partial charge in [-0.2, -0.15) is 18.2 Å². The molecule has 0 saturated carbocycles. The van der Waals surface area contributed by atoms with Crippen molar-refractivity contribution in [2.45, 2.75) is 38.0 Å². The van der Waals surface area contributed by atoms with Crippen molar-refractivity contribution in [3.8, 4) is 0 Å². The van der Waals surface area contributed by atoms with E-state index in [1.54, 1.807) is 4.90 Å². The van der Waals surface area contributed by atoms with E-state index in [4.69, 9.17) is 5.73 Å². The van der Waals surface area contributed by atoms with E-state index in [-0.39, 0.29) is 17.9 Å². The first-order valence-electron chi connectivity index (χ1n) is 5.43. The third-order valence-electron chi connectivity index (χ3n) is 2.95. The zero-order valence-electron chi connectivity index (χ0n) is 9.37. The summed E-state index contributed by atoms with van der Waals surface area (Å²) in [7, 11) is 0. The molecule has 96 valence electrons. The van der Waals surface area contributed by atoms with Crippen molar-refractivity contribution in [2.24, 2.45) is 5.73 Å². The van der Waals surface area contributed by atoms with Gasteiger partial charge in [0.2, 0.25) is 0 Å². The summed E-state index contributed by atoms with van der Waals surface area (Å²) in [5.41, 5.74) is 5.79. The molecule has 1 aliphatic rings. The summed E-state index contributed by atoms with van der Waals surface area (Å²) in [6.07, 6.45) is -1.99. The molecule has 2 N–H and O–H groups in total. The van der Waals surface area contributed by atoms with Gasteiger partial charge in [-0.25, -0.2) is 0 Å². The molecule has 0 spiro atoms. The van der Waals surface area contributed by atoms with E-state index >= 15 is 0 Å². The van der Waals surface area contributed by atoms with Gasteiger partial charge in [-0.3, -0.25) is 0 Å². The molecule has 1 fully saturated rings. The fourth-order valence-electron chi connectivity index (χ4n) is 2.08. The maximum atomic E-state index is 12.3. The molecule has 2 atom stereocenters. The van der Waals surface area contributed by atoms with Crippen LogP contribution in [0.3, 0.4) is 0 Å². The Morgan fingerprint density at radius 2 is 2.24 bits per heavy atom. The Kier molecular flexibility index (Phi) is 3.03. The van der Waals surface area contributed by atoms with Crippen molar-refractivity contribution in [1.82, 2.24) is 4.98 Å². The number of halogens is 3. The highest BCUT2D eigenvalue weighted by molar-refractivity contribution is 5.38. The average molecular weight is 249 g/mol. The van der Waals surface area contributed by atoms with Crippen molar-refractivity contribution in [2.75, 3.05) is 11.4 Å². The highest BCUT2D eigenvalue weighted by Gasteiger charge is 2.38. The largest absolute Gasteiger partial charge is 0.469 e. The molecular formula is C10H14F3N3O. The van der Waals surface area contributed by atoms with Crippen LogP contribution in [0, 0.1) is 0 Å². The fourth-order valence-corrected chi connectivity index (χ4v) is 2.08. The third-order valence-corrected chi connectivity index (χ3v) is 2.95. The number of hydrogen-bond acceptors (Lipinski definition) is 4. The standard InChI is InChI=1S/C10H14F3N3O/c1-6-4-7(14)2-3-16(6)8-5-17-9(15-8)10(11,12)13/h5-7H,2-4,14H2,1H3. The molecular weight excluding hydrogens is 235 g/mol. The van der Waals surface area contributed by atoms with Gasteiger partial charge in [-0.15, -0.1) is 0 Å². The number of oxazole rings is 1. The van der Waals surface area contributed by atoms with E-state index in [2.05, 4.69) is 9.40 Å². The highest BCUT2D eigenvalue weighted by Crippen LogP contribution is 2.31. The van der Waals surface area contributed by atoms with Gasteiger partial charge in [-0.1, -0.05) is 0 Å². The second-order valence-corrected chi connectivity index (χ2v) is 4.34. The van der Waals surface area contributed by atoms with Gasteiger partial charge in [-0.05, 0) is 19.8 Å². The Hall–Kier alpha value is -1.24. The number of nitrogens with two attached hydrogens (primary N) is 1. The smallest absolute Gasteiger partial charge is 0.439 e. The van der Waals surface area contributed by atoms with E-state index in [0.717, 1.165) is 19.1 Å². The minimum Gasteiger partial charge on any atom is -0.439 e. The zero-order valence-corrected chi connectivity index (χ0v) is 9.37. The van der Waals surface area contributed by atoms with Crippen LogP contribution in [0.5, 0.6) is 0 Å². The fraction of sp³-hybridized carbons (Fsp3) is 0.700. The van der Waals surface area contributed by atoms with Gasteiger partial charge in [0, 0.05) is 18.6 Å². The molecule has 1 aromatic rings. The summed E-state index contributed by atoms with van der Waals surface area (Å²) in [6, 6.07) is 0.181. The number of hydrogen-bond donors (Lipinski definition) is 1. The molecule has 2 rings (SSSR count). The van der Waals surface area contributed by atoms with Crippen LogP contribution < -0.4 is 10.6 Å². The van der Waals surface area contributed by atoms with Gasteiger partial charge >= 0.3 is 12.1 Å². The number of alkyl halides is 3. The van der Waals surface area contributed by atoms with Crippen molar-refractivity contribution in [1.29, 1.82) is 0 Å². The van der Waals surface area contributed by atoms with Gasteiger partial charge in [0.1, 0.15) is 6.26 Å². The first kappa shape index (κ1) is 12.2. The lowest BCUT2D eigenvalue weighted by Crippen LogP contribution is -2.45. The highest BCUT2D eigenvalue weighted by atomic mass is 19.4. The first-order chi connectivity index (χ1) is 7.88. The molecule has 1 aliphatic heterocycles. The van der Waals surface area contributed by atoms with Gasteiger partial charge in [0.05, 0.1) is 0 Å². The number of piperidine rings is 1. The maximum absolute atomic E-state index is 12.3. The SMILES string of the molecule is CC1CC(N)CCN1c1coc(C(F)(F)F)n1. The normalized spacial score (nSPS) is 26.3. The minimum absolute atomic E-state index is 0.0740. The van der Waals surface area contributed by atoms with E-state index in [1.807, 2.05) is 6.92 Å². The average Bonchev–Trinajstić information content (AvgIpc) is 2.65. The summed E-state index contributed by atoms with van der Waals surface area (Å²) in [6.45, 7) is 2.52. The predicted molar refractivity (Wildman–Crippen MR) is 55.5 cm³/mol. The predicted octanol–water partition coefficient (Wildman–Crippen LogP) is 2.01. The van der Waals surface area contributed by atoms with E-state index in [0.29, 0.717) is 6.54 Å². The quantitative estimate of drug-likeness (QED) is 0.827. The third kappa shape index (κ3) is 2.54. The van der Waals surface area contributed by atoms with Crippen LogP contribution >= 0.6 is 0 Å². The van der Waals surface area contributed by atoms with Gasteiger partial charge in [0.25, 0.3) is 0 Å². The summed E-state index contributed by atoms with van der Waals surface area (Å²) < 4.78 is 41.4. The monoisotopic (exact) mass is 249 g/mol. The Balaban J connectivity index is 2.15. The lowest BCUT2D eigenvalue weighted by atomic mass is 9.99. The van der Waals surface area contributed by atoms with Crippen molar-refractivity contribution in [3.63, 3.8) is 0 Å². The molecule has 0 radical (unpaired) electrons. The van der Waals surface area contributed by atoms with E-state index in [1.165, 1.54) is 0 Å². The van der Waals surface area contributed by atoms with Crippen LogP contribution in [0.25, 0.3) is 0 Å². The zero-order chi connectivity index (χ0) is 12.6. The Morgan fingerprint density at radius 1 is 1.53 bits per heavy atom. The number of aromatic nitrogens is 1. The van der Waals surface area contributed by atoms with Crippen LogP contribution in [-0.2, 0) is 6.18 Å². The molecule has 1 aromatic heterocycles. The van der Waals surface area contributed by atoms with Crippen molar-refractivity contribution >= 4 is 5.82 Å². The Morgan fingerprint density at radius 3 is 2.76 bits per heavy atom. The molecule has 0 amide bonds. The van der Waals surface area contributed by atoms with E-state index < -0.39 is 12.1 Å². The lowest BCUT2D eigenvalue weighted by Gasteiger charge is -2.36.